The van der Waals surface area contributed by atoms with Gasteiger partial charge in [-0.15, -0.1) is 0 Å². The Morgan fingerprint density at radius 2 is 2.19 bits per heavy atom. The van der Waals surface area contributed by atoms with Crippen LogP contribution in [-0.4, -0.2) is 42.3 Å². The van der Waals surface area contributed by atoms with Crippen LogP contribution < -0.4 is 5.32 Å². The molecule has 2 rings (SSSR count). The van der Waals surface area contributed by atoms with Gasteiger partial charge in [-0.05, 0) is 59.9 Å². The average molecular weight is 310 g/mol. The van der Waals surface area contributed by atoms with Crippen LogP contribution in [0.25, 0.3) is 0 Å². The third-order valence-electron chi connectivity index (χ3n) is 4.61. The van der Waals surface area contributed by atoms with Crippen LogP contribution >= 0.6 is 11.3 Å². The number of carbonyl (C=O) groups is 1. The first-order valence-electron chi connectivity index (χ1n) is 7.75. The van der Waals surface area contributed by atoms with Crippen molar-refractivity contribution in [1.29, 1.82) is 0 Å². The van der Waals surface area contributed by atoms with Crippen molar-refractivity contribution in [3.05, 3.63) is 22.4 Å². The van der Waals surface area contributed by atoms with Crippen LogP contribution in [0.15, 0.2) is 16.8 Å². The molecule has 0 aromatic carbocycles. The predicted octanol–water partition coefficient (Wildman–Crippen LogP) is 3.04. The van der Waals surface area contributed by atoms with Gasteiger partial charge in [-0.2, -0.15) is 11.3 Å². The van der Waals surface area contributed by atoms with Crippen LogP contribution in [0, 0.1) is 5.92 Å². The molecule has 1 aromatic rings. The lowest BCUT2D eigenvalue weighted by Crippen LogP contribution is -2.46. The molecular formula is C16H26N2O2S. The van der Waals surface area contributed by atoms with Crippen LogP contribution in [0.5, 0.6) is 0 Å². The normalized spacial score (nSPS) is 23.6. The van der Waals surface area contributed by atoms with Gasteiger partial charge in [-0.3, -0.25) is 0 Å². The molecule has 4 nitrogen and oxygen atoms in total. The second kappa shape index (κ2) is 7.80. The highest BCUT2D eigenvalue weighted by Gasteiger charge is 2.26. The van der Waals surface area contributed by atoms with Crippen LogP contribution in [0.1, 0.15) is 44.1 Å². The Morgan fingerprint density at radius 3 is 2.76 bits per heavy atom. The highest BCUT2D eigenvalue weighted by molar-refractivity contribution is 7.07. The summed E-state index contributed by atoms with van der Waals surface area (Å²) < 4.78 is 0. The number of carbonyl (C=O) groups excluding carboxylic acids is 1. The van der Waals surface area contributed by atoms with Crippen LogP contribution in [0.2, 0.25) is 0 Å². The zero-order valence-corrected chi connectivity index (χ0v) is 13.7. The van der Waals surface area contributed by atoms with Gasteiger partial charge in [0.15, 0.2) is 0 Å². The van der Waals surface area contributed by atoms with Crippen LogP contribution in [-0.2, 0) is 0 Å². The summed E-state index contributed by atoms with van der Waals surface area (Å²) in [6.07, 6.45) is 4.03. The molecule has 0 radical (unpaired) electrons. The van der Waals surface area contributed by atoms with Gasteiger partial charge in [0.05, 0.1) is 0 Å². The SMILES string of the molecule is C[C@H](CNC(=O)N(C)C1CCC(CO)CC1)c1ccsc1. The monoisotopic (exact) mass is 310 g/mol. The summed E-state index contributed by atoms with van der Waals surface area (Å²) in [6, 6.07) is 2.44. The second-order valence-electron chi connectivity index (χ2n) is 6.11. The van der Waals surface area contributed by atoms with Gasteiger partial charge in [0, 0.05) is 26.2 Å². The summed E-state index contributed by atoms with van der Waals surface area (Å²) in [5.74, 6) is 0.773. The van der Waals surface area contributed by atoms with Gasteiger partial charge < -0.3 is 15.3 Å². The Morgan fingerprint density at radius 1 is 1.48 bits per heavy atom. The van der Waals surface area contributed by atoms with E-state index in [4.69, 9.17) is 5.11 Å². The first-order chi connectivity index (χ1) is 10.1. The Bertz CT molecular complexity index is 427. The highest BCUT2D eigenvalue weighted by Crippen LogP contribution is 2.26. The van der Waals surface area contributed by atoms with Gasteiger partial charge >= 0.3 is 6.03 Å². The minimum absolute atomic E-state index is 0.0181. The number of aliphatic hydroxyl groups is 1. The Balaban J connectivity index is 1.75. The maximum absolute atomic E-state index is 12.2. The molecule has 1 atom stereocenters. The molecule has 1 aliphatic rings. The molecule has 0 saturated heterocycles. The fraction of sp³-hybridized carbons (Fsp3) is 0.688. The molecular weight excluding hydrogens is 284 g/mol. The zero-order valence-electron chi connectivity index (χ0n) is 12.9. The molecule has 0 aliphatic heterocycles. The van der Waals surface area contributed by atoms with Crippen molar-refractivity contribution in [2.45, 2.75) is 44.6 Å². The van der Waals surface area contributed by atoms with E-state index < -0.39 is 0 Å². The van der Waals surface area contributed by atoms with Crippen molar-refractivity contribution in [3.8, 4) is 0 Å². The molecule has 2 N–H and O–H groups in total. The first kappa shape index (κ1) is 16.3. The summed E-state index contributed by atoms with van der Waals surface area (Å²) in [5, 5.41) is 16.4. The molecule has 1 aliphatic carbocycles. The Kier molecular flexibility index (Phi) is 6.06. The summed E-state index contributed by atoms with van der Waals surface area (Å²) in [5.41, 5.74) is 1.28. The number of thiophene rings is 1. The minimum Gasteiger partial charge on any atom is -0.396 e. The fourth-order valence-electron chi connectivity index (χ4n) is 2.92. The highest BCUT2D eigenvalue weighted by atomic mass is 32.1. The van der Waals surface area contributed by atoms with Gasteiger partial charge in [0.2, 0.25) is 0 Å². The summed E-state index contributed by atoms with van der Waals surface area (Å²) >= 11 is 1.69. The summed E-state index contributed by atoms with van der Waals surface area (Å²) in [6.45, 7) is 3.08. The van der Waals surface area contributed by atoms with E-state index in [0.29, 0.717) is 24.4 Å². The number of hydrogen-bond acceptors (Lipinski definition) is 3. The van der Waals surface area contributed by atoms with Gasteiger partial charge in [-0.25, -0.2) is 4.79 Å². The Labute approximate surface area is 131 Å². The Hall–Kier alpha value is -1.07. The number of nitrogens with one attached hydrogen (secondary N) is 1. The van der Waals surface area contributed by atoms with E-state index in [2.05, 4.69) is 29.1 Å². The third kappa shape index (κ3) is 4.45. The molecule has 118 valence electrons. The lowest BCUT2D eigenvalue weighted by molar-refractivity contribution is 0.134. The van der Waals surface area contributed by atoms with E-state index in [1.54, 1.807) is 11.3 Å². The molecule has 1 saturated carbocycles. The number of nitrogens with zero attached hydrogens (tertiary/aromatic N) is 1. The third-order valence-corrected chi connectivity index (χ3v) is 5.32. The number of rotatable bonds is 5. The van der Waals surface area contributed by atoms with Gasteiger partial charge in [-0.1, -0.05) is 6.92 Å². The molecule has 5 heteroatoms. The van der Waals surface area contributed by atoms with E-state index in [1.165, 1.54) is 5.56 Å². The first-order valence-corrected chi connectivity index (χ1v) is 8.69. The maximum atomic E-state index is 12.2. The standard InChI is InChI=1S/C16H26N2O2S/c1-12(14-7-8-21-11-14)9-17-16(20)18(2)15-5-3-13(10-19)4-6-15/h7-8,11-13,15,19H,3-6,9-10H2,1-2H3,(H,17,20)/t12-,13?,15?/m1/s1. The molecule has 2 amide bonds. The van der Waals surface area contributed by atoms with Crippen molar-refractivity contribution >= 4 is 17.4 Å². The van der Waals surface area contributed by atoms with E-state index >= 15 is 0 Å². The van der Waals surface area contributed by atoms with Crippen molar-refractivity contribution in [2.24, 2.45) is 5.92 Å². The second-order valence-corrected chi connectivity index (χ2v) is 6.89. The maximum Gasteiger partial charge on any atom is 0.317 e. The summed E-state index contributed by atoms with van der Waals surface area (Å²) in [7, 11) is 1.88. The molecule has 1 fully saturated rings. The number of aliphatic hydroxyl groups excluding tert-OH is 1. The molecule has 0 spiro atoms. The van der Waals surface area contributed by atoms with Crippen molar-refractivity contribution in [3.63, 3.8) is 0 Å². The summed E-state index contributed by atoms with van der Waals surface area (Å²) in [4.78, 5) is 14.1. The lowest BCUT2D eigenvalue weighted by atomic mass is 9.86. The topological polar surface area (TPSA) is 52.6 Å². The number of amides is 2. The van der Waals surface area contributed by atoms with Gasteiger partial charge in [0.25, 0.3) is 0 Å². The smallest absolute Gasteiger partial charge is 0.317 e. The lowest BCUT2D eigenvalue weighted by Gasteiger charge is -2.34. The molecule has 1 heterocycles. The van der Waals surface area contributed by atoms with E-state index in [-0.39, 0.29) is 12.6 Å². The van der Waals surface area contributed by atoms with Crippen molar-refractivity contribution in [1.82, 2.24) is 10.2 Å². The van der Waals surface area contributed by atoms with Crippen LogP contribution in [0.3, 0.4) is 0 Å². The van der Waals surface area contributed by atoms with E-state index in [0.717, 1.165) is 25.7 Å². The molecule has 0 unspecified atom stereocenters. The largest absolute Gasteiger partial charge is 0.396 e. The number of urea groups is 1. The minimum atomic E-state index is 0.0181. The zero-order chi connectivity index (χ0) is 15.2. The molecule has 21 heavy (non-hydrogen) atoms. The van der Waals surface area contributed by atoms with Crippen molar-refractivity contribution in [2.75, 3.05) is 20.2 Å². The quantitative estimate of drug-likeness (QED) is 0.878. The van der Waals surface area contributed by atoms with E-state index in [9.17, 15) is 4.79 Å². The molecule has 1 aromatic heterocycles. The van der Waals surface area contributed by atoms with Crippen molar-refractivity contribution < 1.29 is 9.90 Å². The predicted molar refractivity (Wildman–Crippen MR) is 86.7 cm³/mol. The average Bonchev–Trinajstić information content (AvgIpc) is 3.06. The van der Waals surface area contributed by atoms with Gasteiger partial charge in [0.1, 0.15) is 0 Å². The number of hydrogen-bond donors (Lipinski definition) is 2. The van der Waals surface area contributed by atoms with E-state index in [1.807, 2.05) is 11.9 Å². The fourth-order valence-corrected chi connectivity index (χ4v) is 3.70. The molecule has 0 bridgehead atoms. The van der Waals surface area contributed by atoms with Crippen LogP contribution in [0.4, 0.5) is 4.79 Å².